The summed E-state index contributed by atoms with van der Waals surface area (Å²) in [6.07, 6.45) is -2.08. The maximum absolute atomic E-state index is 10.1. The van der Waals surface area contributed by atoms with Gasteiger partial charge in [-0.3, -0.25) is 0 Å². The third kappa shape index (κ3) is 3.10. The molecule has 1 rings (SSSR count). The fraction of sp³-hybridized carbons (Fsp3) is 0.846. The molecule has 0 bridgehead atoms. The number of aliphatic hydroxyl groups excluding tert-OH is 3. The van der Waals surface area contributed by atoms with Crippen molar-refractivity contribution in [2.24, 2.45) is 5.92 Å². The summed E-state index contributed by atoms with van der Waals surface area (Å²) in [5.41, 5.74) is 0.272. The summed E-state index contributed by atoms with van der Waals surface area (Å²) in [6.45, 7) is 7.67. The number of methoxy groups -OCH3 is 1. The first-order valence-electron chi connectivity index (χ1n) is 6.16. The van der Waals surface area contributed by atoms with Gasteiger partial charge in [-0.05, 0) is 18.9 Å². The molecule has 3 N–H and O–H groups in total. The first-order valence-corrected chi connectivity index (χ1v) is 6.16. The molecule has 1 fully saturated rings. The second-order valence-electron chi connectivity index (χ2n) is 5.28. The molecule has 18 heavy (non-hydrogen) atoms. The van der Waals surface area contributed by atoms with Gasteiger partial charge in [-0.25, -0.2) is 0 Å². The third-order valence-electron chi connectivity index (χ3n) is 3.73. The van der Waals surface area contributed by atoms with E-state index < -0.39 is 30.5 Å². The van der Waals surface area contributed by atoms with Gasteiger partial charge in [0, 0.05) is 13.0 Å². The summed E-state index contributed by atoms with van der Waals surface area (Å²) >= 11 is 0. The molecule has 0 unspecified atom stereocenters. The van der Waals surface area contributed by atoms with Crippen LogP contribution in [0, 0.1) is 5.92 Å². The van der Waals surface area contributed by atoms with E-state index in [0.29, 0.717) is 13.0 Å². The highest BCUT2D eigenvalue weighted by molar-refractivity contribution is 5.08. The first-order chi connectivity index (χ1) is 8.35. The Morgan fingerprint density at radius 1 is 1.56 bits per heavy atom. The Labute approximate surface area is 108 Å². The van der Waals surface area contributed by atoms with Crippen molar-refractivity contribution in [3.8, 4) is 0 Å². The second kappa shape index (κ2) is 6.12. The van der Waals surface area contributed by atoms with Gasteiger partial charge in [0.05, 0.1) is 24.9 Å². The van der Waals surface area contributed by atoms with Crippen LogP contribution in [-0.4, -0.2) is 59.6 Å². The molecule has 0 aliphatic carbocycles. The van der Waals surface area contributed by atoms with Gasteiger partial charge in [0.25, 0.3) is 0 Å². The molecule has 0 amide bonds. The normalized spacial score (nSPS) is 37.8. The van der Waals surface area contributed by atoms with Crippen molar-refractivity contribution in [1.82, 2.24) is 0 Å². The maximum Gasteiger partial charge on any atom is 0.113 e. The van der Waals surface area contributed by atoms with Gasteiger partial charge in [0.1, 0.15) is 12.2 Å². The SMILES string of the molecule is C=C(COC)C[C@@]1(C)O[C@H]([C@H](O)CO)[C@H](O)[C@@H]1C. The van der Waals surface area contributed by atoms with E-state index in [1.165, 1.54) is 0 Å². The molecule has 0 aromatic rings. The lowest BCUT2D eigenvalue weighted by atomic mass is 9.83. The minimum atomic E-state index is -1.07. The van der Waals surface area contributed by atoms with Crippen molar-refractivity contribution in [3.63, 3.8) is 0 Å². The molecule has 0 aromatic carbocycles. The van der Waals surface area contributed by atoms with E-state index in [-0.39, 0.29) is 5.92 Å². The van der Waals surface area contributed by atoms with E-state index in [9.17, 15) is 10.2 Å². The Kier molecular flexibility index (Phi) is 5.31. The molecular weight excluding hydrogens is 236 g/mol. The van der Waals surface area contributed by atoms with Crippen molar-refractivity contribution in [1.29, 1.82) is 0 Å². The van der Waals surface area contributed by atoms with Crippen molar-refractivity contribution in [3.05, 3.63) is 12.2 Å². The van der Waals surface area contributed by atoms with Gasteiger partial charge in [-0.2, -0.15) is 0 Å². The van der Waals surface area contributed by atoms with Gasteiger partial charge < -0.3 is 24.8 Å². The van der Waals surface area contributed by atoms with Gasteiger partial charge >= 0.3 is 0 Å². The summed E-state index contributed by atoms with van der Waals surface area (Å²) in [4.78, 5) is 0. The van der Waals surface area contributed by atoms with Crippen LogP contribution < -0.4 is 0 Å². The molecule has 5 atom stereocenters. The van der Waals surface area contributed by atoms with Crippen LogP contribution in [0.3, 0.4) is 0 Å². The number of hydrogen-bond acceptors (Lipinski definition) is 5. The Morgan fingerprint density at radius 3 is 2.67 bits per heavy atom. The summed E-state index contributed by atoms with van der Waals surface area (Å²) in [7, 11) is 1.60. The average Bonchev–Trinajstić information content (AvgIpc) is 2.53. The second-order valence-corrected chi connectivity index (χ2v) is 5.28. The lowest BCUT2D eigenvalue weighted by molar-refractivity contribution is -0.110. The number of rotatable bonds is 6. The standard InChI is InChI=1S/C13H24O5/c1-8(7-17-4)5-13(3)9(2)11(16)12(18-13)10(15)6-14/h9-12,14-16H,1,5-7H2,2-4H3/t9-,10+,11+,12+,13+/m0/s1. The van der Waals surface area contributed by atoms with E-state index in [1.54, 1.807) is 7.11 Å². The van der Waals surface area contributed by atoms with Crippen LogP contribution in [0.1, 0.15) is 20.3 Å². The van der Waals surface area contributed by atoms with E-state index in [1.807, 2.05) is 13.8 Å². The highest BCUT2D eigenvalue weighted by atomic mass is 16.5. The van der Waals surface area contributed by atoms with E-state index in [0.717, 1.165) is 5.57 Å². The summed E-state index contributed by atoms with van der Waals surface area (Å²) in [5.74, 6) is -0.155. The average molecular weight is 260 g/mol. The molecule has 1 heterocycles. The lowest BCUT2D eigenvalue weighted by Gasteiger charge is -2.30. The third-order valence-corrected chi connectivity index (χ3v) is 3.73. The zero-order valence-electron chi connectivity index (χ0n) is 11.3. The summed E-state index contributed by atoms with van der Waals surface area (Å²) in [5, 5.41) is 28.7. The molecule has 1 aliphatic rings. The fourth-order valence-electron chi connectivity index (χ4n) is 2.50. The molecule has 5 heteroatoms. The van der Waals surface area contributed by atoms with Crippen LogP contribution in [0.15, 0.2) is 12.2 Å². The van der Waals surface area contributed by atoms with Crippen LogP contribution in [0.2, 0.25) is 0 Å². The predicted octanol–water partition coefficient (Wildman–Crippen LogP) is 0.0868. The zero-order valence-corrected chi connectivity index (χ0v) is 11.3. The summed E-state index contributed by atoms with van der Waals surface area (Å²) < 4.78 is 10.8. The molecule has 106 valence electrons. The molecule has 0 aromatic heterocycles. The minimum absolute atomic E-state index is 0.155. The Balaban J connectivity index is 2.74. The van der Waals surface area contributed by atoms with Crippen LogP contribution in [0.5, 0.6) is 0 Å². The van der Waals surface area contributed by atoms with Crippen LogP contribution in [-0.2, 0) is 9.47 Å². The highest BCUT2D eigenvalue weighted by Gasteiger charge is 2.51. The minimum Gasteiger partial charge on any atom is -0.394 e. The van der Waals surface area contributed by atoms with E-state index in [2.05, 4.69) is 6.58 Å². The monoisotopic (exact) mass is 260 g/mol. The van der Waals surface area contributed by atoms with Gasteiger partial charge in [0.2, 0.25) is 0 Å². The van der Waals surface area contributed by atoms with Gasteiger partial charge in [0.15, 0.2) is 0 Å². The largest absolute Gasteiger partial charge is 0.394 e. The Bertz CT molecular complexity index is 293. The molecule has 0 radical (unpaired) electrons. The predicted molar refractivity (Wildman–Crippen MR) is 67.2 cm³/mol. The molecule has 1 saturated heterocycles. The van der Waals surface area contributed by atoms with Crippen LogP contribution >= 0.6 is 0 Å². The van der Waals surface area contributed by atoms with Crippen molar-refractivity contribution < 1.29 is 24.8 Å². The van der Waals surface area contributed by atoms with Gasteiger partial charge in [-0.15, -0.1) is 0 Å². The van der Waals surface area contributed by atoms with E-state index in [4.69, 9.17) is 14.6 Å². The number of hydrogen-bond donors (Lipinski definition) is 3. The maximum atomic E-state index is 10.1. The van der Waals surface area contributed by atoms with Crippen LogP contribution in [0.4, 0.5) is 0 Å². The van der Waals surface area contributed by atoms with Gasteiger partial charge in [-0.1, -0.05) is 13.5 Å². The quantitative estimate of drug-likeness (QED) is 0.590. The zero-order chi connectivity index (χ0) is 13.9. The fourth-order valence-corrected chi connectivity index (χ4v) is 2.50. The van der Waals surface area contributed by atoms with Crippen molar-refractivity contribution >= 4 is 0 Å². The molecule has 0 spiro atoms. The van der Waals surface area contributed by atoms with Crippen molar-refractivity contribution in [2.75, 3.05) is 20.3 Å². The molecule has 1 aliphatic heterocycles. The summed E-state index contributed by atoms with van der Waals surface area (Å²) in [6, 6.07) is 0. The van der Waals surface area contributed by atoms with Crippen LogP contribution in [0.25, 0.3) is 0 Å². The Morgan fingerprint density at radius 2 is 2.17 bits per heavy atom. The topological polar surface area (TPSA) is 79.2 Å². The smallest absolute Gasteiger partial charge is 0.113 e. The molecule has 0 saturated carbocycles. The molecule has 5 nitrogen and oxygen atoms in total. The Hall–Kier alpha value is -0.460. The molecular formula is C13H24O5. The highest BCUT2D eigenvalue weighted by Crippen LogP contribution is 2.41. The number of ether oxygens (including phenoxy) is 2. The first kappa shape index (κ1) is 15.6. The lowest BCUT2D eigenvalue weighted by Crippen LogP contribution is -2.38. The van der Waals surface area contributed by atoms with Crippen molar-refractivity contribution in [2.45, 2.75) is 44.2 Å². The number of aliphatic hydroxyl groups is 3. The van der Waals surface area contributed by atoms with E-state index >= 15 is 0 Å².